The summed E-state index contributed by atoms with van der Waals surface area (Å²) < 4.78 is 5.14. The van der Waals surface area contributed by atoms with Crippen molar-refractivity contribution in [1.82, 2.24) is 10.6 Å². The second-order valence-electron chi connectivity index (χ2n) is 6.36. The fraction of sp³-hybridized carbons (Fsp3) is 0.333. The molecule has 0 radical (unpaired) electrons. The van der Waals surface area contributed by atoms with E-state index in [-0.39, 0.29) is 23.6 Å². The number of thioether (sulfide) groups is 1. The number of hydrogen-bond donors (Lipinski definition) is 2. The minimum Gasteiger partial charge on any atom is -0.497 e. The quantitative estimate of drug-likeness (QED) is 0.649. The minimum absolute atomic E-state index is 0.0373. The lowest BCUT2D eigenvalue weighted by Gasteiger charge is -2.11. The van der Waals surface area contributed by atoms with Gasteiger partial charge in [0.25, 0.3) is 5.91 Å². The molecule has 144 valence electrons. The summed E-state index contributed by atoms with van der Waals surface area (Å²) in [6, 6.07) is 15.3. The Morgan fingerprint density at radius 3 is 2.44 bits per heavy atom. The van der Waals surface area contributed by atoms with Gasteiger partial charge in [0.15, 0.2) is 0 Å². The summed E-state index contributed by atoms with van der Waals surface area (Å²) in [7, 11) is 1.64. The standard InChI is InChI=1S/C21H26N2O3S/c1-15(2)23-20(24)14-27-19-7-5-4-6-18(19)21(25)22-13-12-16-8-10-17(26-3)11-9-16/h4-11,15H,12-14H2,1-3H3,(H,22,25)(H,23,24). The predicted molar refractivity (Wildman–Crippen MR) is 109 cm³/mol. The van der Waals surface area contributed by atoms with Gasteiger partial charge >= 0.3 is 0 Å². The topological polar surface area (TPSA) is 67.4 Å². The zero-order chi connectivity index (χ0) is 19.6. The highest BCUT2D eigenvalue weighted by Crippen LogP contribution is 2.22. The summed E-state index contributed by atoms with van der Waals surface area (Å²) in [6.45, 7) is 4.39. The van der Waals surface area contributed by atoms with Crippen LogP contribution in [0.4, 0.5) is 0 Å². The highest BCUT2D eigenvalue weighted by Gasteiger charge is 2.12. The van der Waals surface area contributed by atoms with Crippen LogP contribution in [0.25, 0.3) is 0 Å². The number of rotatable bonds is 9. The zero-order valence-corrected chi connectivity index (χ0v) is 16.8. The van der Waals surface area contributed by atoms with Crippen LogP contribution in [-0.2, 0) is 11.2 Å². The summed E-state index contributed by atoms with van der Waals surface area (Å²) in [5.41, 5.74) is 1.72. The Morgan fingerprint density at radius 1 is 1.07 bits per heavy atom. The second-order valence-corrected chi connectivity index (χ2v) is 7.38. The van der Waals surface area contributed by atoms with Crippen molar-refractivity contribution < 1.29 is 14.3 Å². The molecule has 2 N–H and O–H groups in total. The molecular weight excluding hydrogens is 360 g/mol. The summed E-state index contributed by atoms with van der Waals surface area (Å²) in [6.07, 6.45) is 0.738. The first-order valence-electron chi connectivity index (χ1n) is 8.92. The molecule has 2 amide bonds. The average Bonchev–Trinajstić information content (AvgIpc) is 2.66. The number of carbonyl (C=O) groups excluding carboxylic acids is 2. The highest BCUT2D eigenvalue weighted by molar-refractivity contribution is 8.00. The van der Waals surface area contributed by atoms with Crippen LogP contribution < -0.4 is 15.4 Å². The van der Waals surface area contributed by atoms with E-state index in [0.29, 0.717) is 12.1 Å². The molecule has 0 saturated heterocycles. The van der Waals surface area contributed by atoms with Gasteiger partial charge in [0.2, 0.25) is 5.91 Å². The first-order chi connectivity index (χ1) is 13.0. The molecule has 0 bridgehead atoms. The minimum atomic E-state index is -0.129. The van der Waals surface area contributed by atoms with Crippen LogP contribution in [0.1, 0.15) is 29.8 Å². The molecule has 0 spiro atoms. The predicted octanol–water partition coefficient (Wildman–Crippen LogP) is 3.28. The third kappa shape index (κ3) is 6.98. The van der Waals surface area contributed by atoms with E-state index in [9.17, 15) is 9.59 Å². The number of methoxy groups -OCH3 is 1. The van der Waals surface area contributed by atoms with Crippen LogP contribution in [-0.4, -0.2) is 37.3 Å². The first kappa shape index (κ1) is 20.8. The molecule has 0 heterocycles. The molecule has 0 atom stereocenters. The molecule has 0 aliphatic heterocycles. The van der Waals surface area contributed by atoms with Crippen LogP contribution in [0, 0.1) is 0 Å². The molecule has 6 heteroatoms. The molecule has 2 rings (SSSR count). The molecular formula is C21H26N2O3S. The van der Waals surface area contributed by atoms with Gasteiger partial charge in [0, 0.05) is 17.5 Å². The Balaban J connectivity index is 1.88. The normalized spacial score (nSPS) is 10.5. The van der Waals surface area contributed by atoms with Crippen molar-refractivity contribution in [3.8, 4) is 5.75 Å². The molecule has 2 aromatic carbocycles. The lowest BCUT2D eigenvalue weighted by molar-refractivity contribution is -0.119. The fourth-order valence-corrected chi connectivity index (χ4v) is 3.36. The third-order valence-electron chi connectivity index (χ3n) is 3.80. The van der Waals surface area contributed by atoms with Gasteiger partial charge in [-0.3, -0.25) is 9.59 Å². The van der Waals surface area contributed by atoms with E-state index in [0.717, 1.165) is 22.6 Å². The van der Waals surface area contributed by atoms with Gasteiger partial charge in [0.1, 0.15) is 5.75 Å². The third-order valence-corrected chi connectivity index (χ3v) is 4.87. The van der Waals surface area contributed by atoms with E-state index >= 15 is 0 Å². The van der Waals surface area contributed by atoms with Crippen molar-refractivity contribution >= 4 is 23.6 Å². The Morgan fingerprint density at radius 2 is 1.78 bits per heavy atom. The fourth-order valence-electron chi connectivity index (χ4n) is 2.49. The Kier molecular flexibility index (Phi) is 8.20. The van der Waals surface area contributed by atoms with Gasteiger partial charge in [-0.05, 0) is 50.1 Å². The lowest BCUT2D eigenvalue weighted by atomic mass is 10.1. The van der Waals surface area contributed by atoms with Crippen molar-refractivity contribution in [3.05, 3.63) is 59.7 Å². The van der Waals surface area contributed by atoms with Crippen LogP contribution in [0.3, 0.4) is 0 Å². The van der Waals surface area contributed by atoms with E-state index in [1.165, 1.54) is 11.8 Å². The number of hydrogen-bond acceptors (Lipinski definition) is 4. The van der Waals surface area contributed by atoms with E-state index in [1.807, 2.05) is 56.3 Å². The molecule has 0 fully saturated rings. The van der Waals surface area contributed by atoms with Gasteiger partial charge in [-0.2, -0.15) is 0 Å². The molecule has 0 aliphatic rings. The lowest BCUT2D eigenvalue weighted by Crippen LogP contribution is -2.31. The Hall–Kier alpha value is -2.47. The van der Waals surface area contributed by atoms with E-state index in [4.69, 9.17) is 4.74 Å². The van der Waals surface area contributed by atoms with Crippen LogP contribution in [0.15, 0.2) is 53.4 Å². The Labute approximate surface area is 164 Å². The average molecular weight is 387 g/mol. The van der Waals surface area contributed by atoms with Crippen molar-refractivity contribution in [2.24, 2.45) is 0 Å². The SMILES string of the molecule is COc1ccc(CCNC(=O)c2ccccc2SCC(=O)NC(C)C)cc1. The number of ether oxygens (including phenoxy) is 1. The van der Waals surface area contributed by atoms with Crippen molar-refractivity contribution in [2.75, 3.05) is 19.4 Å². The highest BCUT2D eigenvalue weighted by atomic mass is 32.2. The van der Waals surface area contributed by atoms with Gasteiger partial charge in [-0.1, -0.05) is 24.3 Å². The maximum Gasteiger partial charge on any atom is 0.252 e. The maximum atomic E-state index is 12.5. The summed E-state index contributed by atoms with van der Waals surface area (Å²) >= 11 is 1.37. The number of amides is 2. The monoisotopic (exact) mass is 386 g/mol. The number of benzene rings is 2. The molecule has 0 saturated carbocycles. The number of nitrogens with one attached hydrogen (secondary N) is 2. The first-order valence-corrected chi connectivity index (χ1v) is 9.90. The molecule has 5 nitrogen and oxygen atoms in total. The smallest absolute Gasteiger partial charge is 0.252 e. The molecule has 0 aromatic heterocycles. The maximum absolute atomic E-state index is 12.5. The van der Waals surface area contributed by atoms with Crippen LogP contribution >= 0.6 is 11.8 Å². The van der Waals surface area contributed by atoms with Gasteiger partial charge in [-0.15, -0.1) is 11.8 Å². The second kappa shape index (κ2) is 10.6. The van der Waals surface area contributed by atoms with Gasteiger partial charge in [-0.25, -0.2) is 0 Å². The van der Waals surface area contributed by atoms with Gasteiger partial charge in [0.05, 0.1) is 18.4 Å². The van der Waals surface area contributed by atoms with Crippen LogP contribution in [0.2, 0.25) is 0 Å². The molecule has 2 aromatic rings. The molecule has 0 aliphatic carbocycles. The van der Waals surface area contributed by atoms with Crippen LogP contribution in [0.5, 0.6) is 5.75 Å². The van der Waals surface area contributed by atoms with E-state index in [1.54, 1.807) is 13.2 Å². The summed E-state index contributed by atoms with van der Waals surface area (Å²) in [5, 5.41) is 5.81. The largest absolute Gasteiger partial charge is 0.497 e. The van der Waals surface area contributed by atoms with Crippen molar-refractivity contribution in [1.29, 1.82) is 0 Å². The number of carbonyl (C=O) groups is 2. The van der Waals surface area contributed by atoms with Crippen molar-refractivity contribution in [3.63, 3.8) is 0 Å². The Bertz CT molecular complexity index is 760. The molecule has 27 heavy (non-hydrogen) atoms. The van der Waals surface area contributed by atoms with Gasteiger partial charge < -0.3 is 15.4 Å². The molecule has 0 unspecified atom stereocenters. The van der Waals surface area contributed by atoms with E-state index < -0.39 is 0 Å². The van der Waals surface area contributed by atoms with E-state index in [2.05, 4.69) is 10.6 Å². The summed E-state index contributed by atoms with van der Waals surface area (Å²) in [4.78, 5) is 25.2. The zero-order valence-electron chi connectivity index (χ0n) is 16.0. The summed E-state index contributed by atoms with van der Waals surface area (Å²) in [5.74, 6) is 0.935. The van der Waals surface area contributed by atoms with Crippen molar-refractivity contribution in [2.45, 2.75) is 31.2 Å².